The van der Waals surface area contributed by atoms with Crippen molar-refractivity contribution in [2.75, 3.05) is 16.4 Å². The lowest BCUT2D eigenvalue weighted by atomic mass is 10.3. The molecule has 4 rings (SSSR count). The van der Waals surface area contributed by atoms with E-state index in [4.69, 9.17) is 0 Å². The van der Waals surface area contributed by atoms with Crippen LogP contribution in [0.25, 0.3) is 22.4 Å². The molecule has 30 heavy (non-hydrogen) atoms. The summed E-state index contributed by atoms with van der Waals surface area (Å²) >= 11 is 1.36. The van der Waals surface area contributed by atoms with Crippen LogP contribution >= 0.6 is 11.8 Å². The van der Waals surface area contributed by atoms with Crippen molar-refractivity contribution in [3.05, 3.63) is 66.9 Å². The second-order valence-corrected chi connectivity index (χ2v) is 7.58. The molecule has 2 aromatic carbocycles. The van der Waals surface area contributed by atoms with E-state index in [2.05, 4.69) is 25.6 Å². The molecule has 0 aliphatic carbocycles. The predicted molar refractivity (Wildman–Crippen MR) is 119 cm³/mol. The number of carbonyl (C=O) groups is 2. The maximum Gasteiger partial charge on any atom is 0.234 e. The Balaban J connectivity index is 1.32. The molecular weight excluding hydrogens is 398 g/mol. The number of aromatic nitrogens is 3. The normalized spacial score (nSPS) is 10.7. The standard InChI is InChI=1S/C22H19N5O2S/c1-14(28)24-16-7-9-17(10-8-16)25-20(29)13-30-21-11-6-15(12-23-21)22-26-18-4-2-3-5-19(18)27-22/h2-12H,13H2,1H3,(H,24,28)(H,25,29)(H,26,27). The van der Waals surface area contributed by atoms with E-state index in [1.807, 2.05) is 36.4 Å². The van der Waals surface area contributed by atoms with Crippen molar-refractivity contribution in [1.82, 2.24) is 15.0 Å². The van der Waals surface area contributed by atoms with E-state index in [0.29, 0.717) is 11.4 Å². The zero-order valence-electron chi connectivity index (χ0n) is 16.2. The van der Waals surface area contributed by atoms with Gasteiger partial charge in [-0.2, -0.15) is 0 Å². The van der Waals surface area contributed by atoms with Crippen LogP contribution in [0.3, 0.4) is 0 Å². The summed E-state index contributed by atoms with van der Waals surface area (Å²) in [6.45, 7) is 1.45. The van der Waals surface area contributed by atoms with Crippen molar-refractivity contribution < 1.29 is 9.59 Å². The van der Waals surface area contributed by atoms with Crippen LogP contribution in [0.5, 0.6) is 0 Å². The topological polar surface area (TPSA) is 99.8 Å². The van der Waals surface area contributed by atoms with Crippen LogP contribution in [0.4, 0.5) is 11.4 Å². The van der Waals surface area contributed by atoms with Crippen molar-refractivity contribution in [2.45, 2.75) is 11.9 Å². The van der Waals surface area contributed by atoms with Crippen molar-refractivity contribution in [2.24, 2.45) is 0 Å². The van der Waals surface area contributed by atoms with E-state index in [-0.39, 0.29) is 17.6 Å². The molecule has 2 aromatic heterocycles. The van der Waals surface area contributed by atoms with Crippen LogP contribution in [-0.2, 0) is 9.59 Å². The van der Waals surface area contributed by atoms with Gasteiger partial charge in [0.25, 0.3) is 0 Å². The van der Waals surface area contributed by atoms with Gasteiger partial charge in [-0.1, -0.05) is 23.9 Å². The van der Waals surface area contributed by atoms with Crippen LogP contribution in [-0.4, -0.2) is 32.5 Å². The van der Waals surface area contributed by atoms with E-state index in [0.717, 1.165) is 27.4 Å². The number of para-hydroxylation sites is 2. The fraction of sp³-hybridized carbons (Fsp3) is 0.0909. The lowest BCUT2D eigenvalue weighted by Gasteiger charge is -2.07. The maximum absolute atomic E-state index is 12.2. The van der Waals surface area contributed by atoms with Gasteiger partial charge in [-0.15, -0.1) is 0 Å². The van der Waals surface area contributed by atoms with Gasteiger partial charge in [0.1, 0.15) is 5.82 Å². The number of hydrogen-bond donors (Lipinski definition) is 3. The summed E-state index contributed by atoms with van der Waals surface area (Å²) < 4.78 is 0. The third-order valence-electron chi connectivity index (χ3n) is 4.24. The number of nitrogens with zero attached hydrogens (tertiary/aromatic N) is 2. The number of anilines is 2. The molecule has 0 bridgehead atoms. The van der Waals surface area contributed by atoms with Crippen LogP contribution in [0.1, 0.15) is 6.92 Å². The van der Waals surface area contributed by atoms with Crippen LogP contribution < -0.4 is 10.6 Å². The van der Waals surface area contributed by atoms with E-state index in [1.165, 1.54) is 18.7 Å². The fourth-order valence-corrected chi connectivity index (χ4v) is 3.51. The highest BCUT2D eigenvalue weighted by Crippen LogP contribution is 2.23. The van der Waals surface area contributed by atoms with Crippen LogP contribution in [0.15, 0.2) is 71.9 Å². The SMILES string of the molecule is CC(=O)Nc1ccc(NC(=O)CSc2ccc(-c3nc4ccccc4[nH]3)cn2)cc1. The van der Waals surface area contributed by atoms with Gasteiger partial charge in [0, 0.05) is 30.1 Å². The molecular formula is C22H19N5O2S. The van der Waals surface area contributed by atoms with Gasteiger partial charge in [-0.05, 0) is 48.5 Å². The molecule has 0 atom stereocenters. The molecule has 0 aliphatic heterocycles. The number of pyridine rings is 1. The van der Waals surface area contributed by atoms with E-state index in [1.54, 1.807) is 30.5 Å². The summed E-state index contributed by atoms with van der Waals surface area (Å²) in [7, 11) is 0. The number of thioether (sulfide) groups is 1. The third kappa shape index (κ3) is 4.84. The van der Waals surface area contributed by atoms with Gasteiger partial charge in [0.15, 0.2) is 0 Å². The van der Waals surface area contributed by atoms with Crippen molar-refractivity contribution >= 4 is 46.0 Å². The Bertz CT molecular complexity index is 1150. The number of imidazole rings is 1. The molecule has 3 N–H and O–H groups in total. The summed E-state index contributed by atoms with van der Waals surface area (Å²) in [6.07, 6.45) is 1.75. The van der Waals surface area contributed by atoms with Crippen molar-refractivity contribution in [1.29, 1.82) is 0 Å². The number of benzene rings is 2. The van der Waals surface area contributed by atoms with E-state index >= 15 is 0 Å². The third-order valence-corrected chi connectivity index (χ3v) is 5.18. The number of fused-ring (bicyclic) bond motifs is 1. The first-order valence-electron chi connectivity index (χ1n) is 9.28. The first-order valence-corrected chi connectivity index (χ1v) is 10.3. The van der Waals surface area contributed by atoms with E-state index < -0.39 is 0 Å². The molecule has 8 heteroatoms. The van der Waals surface area contributed by atoms with Crippen molar-refractivity contribution in [3.63, 3.8) is 0 Å². The zero-order chi connectivity index (χ0) is 20.9. The minimum atomic E-state index is -0.137. The Kier molecular flexibility index (Phi) is 5.76. The zero-order valence-corrected chi connectivity index (χ0v) is 17.0. The Labute approximate surface area is 177 Å². The highest BCUT2D eigenvalue weighted by molar-refractivity contribution is 7.99. The summed E-state index contributed by atoms with van der Waals surface area (Å²) in [4.78, 5) is 35.5. The summed E-state index contributed by atoms with van der Waals surface area (Å²) in [5.41, 5.74) is 4.13. The quantitative estimate of drug-likeness (QED) is 0.406. The second kappa shape index (κ2) is 8.79. The molecule has 0 fully saturated rings. The maximum atomic E-state index is 12.2. The average molecular weight is 417 g/mol. The number of aromatic amines is 1. The molecule has 0 aliphatic rings. The smallest absolute Gasteiger partial charge is 0.234 e. The van der Waals surface area contributed by atoms with Gasteiger partial charge in [-0.25, -0.2) is 9.97 Å². The Morgan fingerprint density at radius 3 is 2.37 bits per heavy atom. The van der Waals surface area contributed by atoms with Gasteiger partial charge in [-0.3, -0.25) is 9.59 Å². The predicted octanol–water partition coefficient (Wildman–Crippen LogP) is 4.31. The first kappa shape index (κ1) is 19.7. The number of amides is 2. The molecule has 0 spiro atoms. The molecule has 0 saturated heterocycles. The molecule has 4 aromatic rings. The number of hydrogen-bond acceptors (Lipinski definition) is 5. The Hall–Kier alpha value is -3.65. The first-order chi connectivity index (χ1) is 14.6. The lowest BCUT2D eigenvalue weighted by Crippen LogP contribution is -2.14. The Morgan fingerprint density at radius 1 is 0.967 bits per heavy atom. The highest BCUT2D eigenvalue weighted by Gasteiger charge is 2.08. The number of carbonyl (C=O) groups excluding carboxylic acids is 2. The van der Waals surface area contributed by atoms with E-state index in [9.17, 15) is 9.59 Å². The second-order valence-electron chi connectivity index (χ2n) is 6.58. The van der Waals surface area contributed by atoms with Crippen LogP contribution in [0.2, 0.25) is 0 Å². The number of H-pyrrole nitrogens is 1. The summed E-state index contributed by atoms with van der Waals surface area (Å²) in [6, 6.07) is 18.6. The molecule has 7 nitrogen and oxygen atoms in total. The molecule has 2 heterocycles. The van der Waals surface area contributed by atoms with Gasteiger partial charge >= 0.3 is 0 Å². The van der Waals surface area contributed by atoms with Crippen molar-refractivity contribution in [3.8, 4) is 11.4 Å². The number of nitrogens with one attached hydrogen (secondary N) is 3. The largest absolute Gasteiger partial charge is 0.338 e. The minimum Gasteiger partial charge on any atom is -0.338 e. The monoisotopic (exact) mass is 417 g/mol. The van der Waals surface area contributed by atoms with Gasteiger partial charge in [0.05, 0.1) is 21.8 Å². The molecule has 150 valence electrons. The fourth-order valence-electron chi connectivity index (χ4n) is 2.87. The molecule has 0 saturated carbocycles. The number of rotatable bonds is 6. The molecule has 0 radical (unpaired) electrons. The Morgan fingerprint density at radius 2 is 1.70 bits per heavy atom. The average Bonchev–Trinajstić information content (AvgIpc) is 3.18. The molecule has 2 amide bonds. The minimum absolute atomic E-state index is 0.129. The molecule has 0 unspecified atom stereocenters. The highest BCUT2D eigenvalue weighted by atomic mass is 32.2. The summed E-state index contributed by atoms with van der Waals surface area (Å²) in [5, 5.41) is 6.27. The summed E-state index contributed by atoms with van der Waals surface area (Å²) in [5.74, 6) is 0.739. The van der Waals surface area contributed by atoms with Gasteiger partial charge < -0.3 is 15.6 Å². The van der Waals surface area contributed by atoms with Crippen LogP contribution in [0, 0.1) is 0 Å². The lowest BCUT2D eigenvalue weighted by molar-refractivity contribution is -0.114. The van der Waals surface area contributed by atoms with Gasteiger partial charge in [0.2, 0.25) is 11.8 Å².